The number of benzene rings is 1. The fourth-order valence-corrected chi connectivity index (χ4v) is 3.10. The number of rotatable bonds is 2. The molecule has 0 spiro atoms. The number of aromatic nitrogens is 2. The van der Waals surface area contributed by atoms with E-state index in [0.717, 1.165) is 11.1 Å². The van der Waals surface area contributed by atoms with E-state index in [0.29, 0.717) is 11.9 Å². The van der Waals surface area contributed by atoms with Crippen molar-refractivity contribution in [3.63, 3.8) is 0 Å². The number of nitrogens with zero attached hydrogens (tertiary/aromatic N) is 2. The van der Waals surface area contributed by atoms with Crippen molar-refractivity contribution < 1.29 is 42.3 Å². The average Bonchev–Trinajstić information content (AvgIpc) is 2.81. The zero-order valence-corrected chi connectivity index (χ0v) is 19.0. The first kappa shape index (κ1) is 24.7. The van der Waals surface area contributed by atoms with Crippen molar-refractivity contribution in [2.75, 3.05) is 0 Å². The molecule has 2 heterocycles. The van der Waals surface area contributed by atoms with Gasteiger partial charge in [-0.1, -0.05) is 32.9 Å². The first-order valence-electron chi connectivity index (χ1n) is 8.28. The topological polar surface area (TPSA) is 73.1 Å². The number of carbonyl (C=O) groups excluding carboxylic acids is 2. The average molecular weight is 434 g/mol. The Balaban J connectivity index is 0.00000151. The normalized spacial score (nSPS) is 17.3. The van der Waals surface area contributed by atoms with E-state index in [9.17, 15) is 14.4 Å². The van der Waals surface area contributed by atoms with E-state index in [1.165, 1.54) is 4.57 Å². The van der Waals surface area contributed by atoms with Gasteiger partial charge < -0.3 is 14.4 Å². The van der Waals surface area contributed by atoms with Gasteiger partial charge >= 0.3 is 5.69 Å². The van der Waals surface area contributed by atoms with Crippen LogP contribution in [0.3, 0.4) is 0 Å². The smallest absolute Gasteiger partial charge is 0.329 e. The molecule has 7 heteroatoms. The van der Waals surface area contributed by atoms with E-state index in [-0.39, 0.29) is 64.1 Å². The number of piperidine rings is 1. The van der Waals surface area contributed by atoms with Crippen LogP contribution in [0.5, 0.6) is 0 Å². The summed E-state index contributed by atoms with van der Waals surface area (Å²) >= 11 is 0. The van der Waals surface area contributed by atoms with Crippen LogP contribution in [-0.4, -0.2) is 20.9 Å². The van der Waals surface area contributed by atoms with Crippen LogP contribution in [0.25, 0.3) is 11.0 Å². The van der Waals surface area contributed by atoms with Crippen LogP contribution in [0.2, 0.25) is 0 Å². The Kier molecular flexibility index (Phi) is 9.67. The Morgan fingerprint density at radius 1 is 1.23 bits per heavy atom. The molecule has 0 saturated carbocycles. The molecule has 2 aromatic rings. The first-order valence-corrected chi connectivity index (χ1v) is 8.28. The molecule has 3 rings (SSSR count). The van der Waals surface area contributed by atoms with E-state index in [1.807, 2.05) is 39.0 Å². The van der Waals surface area contributed by atoms with Crippen molar-refractivity contribution >= 4 is 22.8 Å². The number of amides is 2. The van der Waals surface area contributed by atoms with Gasteiger partial charge in [0.2, 0.25) is 11.8 Å². The van der Waals surface area contributed by atoms with Crippen LogP contribution in [0.4, 0.5) is 0 Å². The van der Waals surface area contributed by atoms with Crippen LogP contribution in [0.15, 0.2) is 23.0 Å². The molecule has 1 fully saturated rings. The number of hydrogen-bond acceptors (Lipinski definition) is 3. The molecule has 0 bridgehead atoms. The quantitative estimate of drug-likeness (QED) is 0.584. The molecule has 26 heavy (non-hydrogen) atoms. The number of nitrogens with one attached hydrogen (secondary N) is 1. The Labute approximate surface area is 180 Å². The van der Waals surface area contributed by atoms with Crippen LogP contribution >= 0.6 is 0 Å². The summed E-state index contributed by atoms with van der Waals surface area (Å²) < 4.78 is 3.04. The maximum absolute atomic E-state index is 12.6. The van der Waals surface area contributed by atoms with Crippen molar-refractivity contribution in [3.8, 4) is 0 Å². The minimum Gasteiger partial charge on any atom is -0.358 e. The van der Waals surface area contributed by atoms with E-state index in [4.69, 9.17) is 0 Å². The van der Waals surface area contributed by atoms with Gasteiger partial charge in [0.05, 0.1) is 11.0 Å². The number of fused-ring (bicyclic) bond motifs is 1. The second-order valence-corrected chi connectivity index (χ2v) is 5.79. The van der Waals surface area contributed by atoms with Gasteiger partial charge in [0.1, 0.15) is 6.04 Å². The molecule has 2 atom stereocenters. The Bertz CT molecular complexity index is 836. The third-order valence-corrected chi connectivity index (χ3v) is 4.19. The van der Waals surface area contributed by atoms with E-state index in [2.05, 4.69) is 12.2 Å². The van der Waals surface area contributed by atoms with Crippen molar-refractivity contribution in [1.82, 2.24) is 14.5 Å². The summed E-state index contributed by atoms with van der Waals surface area (Å²) in [5, 5.41) is 2.31. The zero-order chi connectivity index (χ0) is 18.0. The summed E-state index contributed by atoms with van der Waals surface area (Å²) in [5.41, 5.74) is 2.20. The fraction of sp³-hybridized carbons (Fsp3) is 0.421. The number of aryl methyl sites for hydroxylation is 1. The maximum Gasteiger partial charge on any atom is 0.329 e. The van der Waals surface area contributed by atoms with Gasteiger partial charge in [-0.15, -0.1) is 5.92 Å². The molecule has 0 aliphatic carbocycles. The molecule has 1 saturated heterocycles. The zero-order valence-electron chi connectivity index (χ0n) is 16.2. The molecule has 141 valence electrons. The molecule has 2 unspecified atom stereocenters. The van der Waals surface area contributed by atoms with E-state index >= 15 is 0 Å². The van der Waals surface area contributed by atoms with Crippen LogP contribution in [0, 0.1) is 14.4 Å². The minimum atomic E-state index is -0.649. The van der Waals surface area contributed by atoms with Gasteiger partial charge in [0, 0.05) is 46.2 Å². The van der Waals surface area contributed by atoms with Crippen LogP contribution < -0.4 is 11.0 Å². The standard InChI is InChI=1S/C16H18N3O3.C2H6.CH3.Y/c1-9(2)10-5-4-6-11-14(10)18(3)16(22)19(11)12-7-8-13(20)17-15(12)21;1-2;;/h4-6,9,12H,1,7-8H2,2-3H3,(H,17,20,21);1-2H3;1H3;/q-1;;-1;. The third-order valence-electron chi connectivity index (χ3n) is 4.19. The Morgan fingerprint density at radius 3 is 2.38 bits per heavy atom. The first-order chi connectivity index (χ1) is 11.4. The number of hydrogen-bond donors (Lipinski definition) is 1. The Morgan fingerprint density at radius 2 is 1.85 bits per heavy atom. The van der Waals surface area contributed by atoms with Gasteiger partial charge in [-0.25, -0.2) is 4.79 Å². The SMILES string of the molecule is CC.[CH2-]C(C)c1cccc2c1n(C)c(=O)n2C1CCC(=O)NC1=O.[CH3-].[Y]. The molecule has 1 aliphatic heterocycles. The number of carbonyl (C=O) groups is 2. The predicted molar refractivity (Wildman–Crippen MR) is 100 cm³/mol. The predicted octanol–water partition coefficient (Wildman–Crippen LogP) is 2.73. The largest absolute Gasteiger partial charge is 0.358 e. The van der Waals surface area contributed by atoms with Gasteiger partial charge in [0.25, 0.3) is 0 Å². The molecule has 1 aromatic heterocycles. The van der Waals surface area contributed by atoms with Gasteiger partial charge in [-0.2, -0.15) is 0 Å². The van der Waals surface area contributed by atoms with Crippen LogP contribution in [-0.2, 0) is 49.3 Å². The van der Waals surface area contributed by atoms with Crippen LogP contribution in [0.1, 0.15) is 51.1 Å². The second kappa shape index (κ2) is 10.2. The van der Waals surface area contributed by atoms with Crippen molar-refractivity contribution in [1.29, 1.82) is 0 Å². The van der Waals surface area contributed by atoms with Gasteiger partial charge in [-0.3, -0.25) is 24.0 Å². The molecular formula is C19H27N3O3Y-2. The summed E-state index contributed by atoms with van der Waals surface area (Å²) in [5.74, 6) is -0.688. The van der Waals surface area contributed by atoms with E-state index < -0.39 is 11.9 Å². The van der Waals surface area contributed by atoms with Gasteiger partial charge in [-0.05, 0) is 18.1 Å². The molecule has 1 radical (unpaired) electrons. The minimum absolute atomic E-state index is 0. The summed E-state index contributed by atoms with van der Waals surface area (Å²) in [4.78, 5) is 36.1. The number of imidazole rings is 1. The monoisotopic (exact) mass is 434 g/mol. The summed E-state index contributed by atoms with van der Waals surface area (Å²) in [6.07, 6.45) is 0.582. The summed E-state index contributed by atoms with van der Waals surface area (Å²) in [6.45, 7) is 9.99. The maximum atomic E-state index is 12.6. The molecular weight excluding hydrogens is 407 g/mol. The van der Waals surface area contributed by atoms with Crippen molar-refractivity contribution in [2.45, 2.75) is 45.6 Å². The summed E-state index contributed by atoms with van der Waals surface area (Å²) in [7, 11) is 1.69. The number of imide groups is 1. The fourth-order valence-electron chi connectivity index (χ4n) is 3.10. The third kappa shape index (κ3) is 4.34. The number of para-hydroxylation sites is 1. The molecule has 2 amide bonds. The van der Waals surface area contributed by atoms with Crippen molar-refractivity contribution in [3.05, 3.63) is 48.6 Å². The van der Waals surface area contributed by atoms with Gasteiger partial charge in [0.15, 0.2) is 0 Å². The van der Waals surface area contributed by atoms with Crippen molar-refractivity contribution in [2.24, 2.45) is 7.05 Å². The molecule has 1 aliphatic rings. The molecule has 6 nitrogen and oxygen atoms in total. The second-order valence-electron chi connectivity index (χ2n) is 5.79. The van der Waals surface area contributed by atoms with E-state index in [1.54, 1.807) is 11.6 Å². The molecule has 1 aromatic carbocycles. The Hall–Kier alpha value is -1.27. The molecule has 1 N–H and O–H groups in total. The summed E-state index contributed by atoms with van der Waals surface area (Å²) in [6, 6.07) is 4.98.